The summed E-state index contributed by atoms with van der Waals surface area (Å²) in [6.07, 6.45) is 1.01. The van der Waals surface area contributed by atoms with Gasteiger partial charge in [-0.05, 0) is 18.4 Å². The van der Waals surface area contributed by atoms with Crippen LogP contribution in [0.3, 0.4) is 0 Å². The van der Waals surface area contributed by atoms with Crippen molar-refractivity contribution in [3.05, 3.63) is 52.0 Å². The highest BCUT2D eigenvalue weighted by molar-refractivity contribution is 7.09. The summed E-state index contributed by atoms with van der Waals surface area (Å²) in [5, 5.41) is 7.00. The van der Waals surface area contributed by atoms with Crippen LogP contribution in [0.4, 0.5) is 0 Å². The van der Waals surface area contributed by atoms with Crippen LogP contribution < -0.4 is 5.32 Å². The zero-order valence-electron chi connectivity index (χ0n) is 11.9. The second-order valence-corrected chi connectivity index (χ2v) is 6.16. The molecule has 0 aliphatic rings. The van der Waals surface area contributed by atoms with E-state index in [9.17, 15) is 0 Å². The van der Waals surface area contributed by atoms with Gasteiger partial charge >= 0.3 is 0 Å². The Morgan fingerprint density at radius 1 is 1.21 bits per heavy atom. The van der Waals surface area contributed by atoms with Gasteiger partial charge < -0.3 is 5.32 Å². The Balaban J connectivity index is 1.91. The molecule has 102 valence electrons. The first-order valence-electron chi connectivity index (χ1n) is 6.86. The zero-order valence-corrected chi connectivity index (χ0v) is 12.7. The average Bonchev–Trinajstić information content (AvgIpc) is 2.81. The molecule has 1 N–H and O–H groups in total. The van der Waals surface area contributed by atoms with Gasteiger partial charge in [-0.3, -0.25) is 0 Å². The third-order valence-corrected chi connectivity index (χ3v) is 4.22. The highest BCUT2D eigenvalue weighted by Crippen LogP contribution is 2.21. The SMILES string of the molecule is Cc1csc(CCNC(c2ccccc2)C(C)C)n1. The fourth-order valence-electron chi connectivity index (χ4n) is 2.25. The first-order valence-corrected chi connectivity index (χ1v) is 7.74. The number of hydrogen-bond acceptors (Lipinski definition) is 3. The molecule has 0 aliphatic heterocycles. The Labute approximate surface area is 119 Å². The highest BCUT2D eigenvalue weighted by atomic mass is 32.1. The largest absolute Gasteiger partial charge is 0.309 e. The van der Waals surface area contributed by atoms with Crippen molar-refractivity contribution in [1.82, 2.24) is 10.3 Å². The van der Waals surface area contributed by atoms with E-state index in [0.717, 1.165) is 18.7 Å². The van der Waals surface area contributed by atoms with E-state index in [-0.39, 0.29) is 0 Å². The molecule has 0 amide bonds. The van der Waals surface area contributed by atoms with E-state index in [4.69, 9.17) is 0 Å². The van der Waals surface area contributed by atoms with Crippen LogP contribution in [0.5, 0.6) is 0 Å². The predicted octanol–water partition coefficient (Wildman–Crippen LogP) is 3.98. The zero-order chi connectivity index (χ0) is 13.7. The second kappa shape index (κ2) is 6.83. The third-order valence-electron chi connectivity index (χ3n) is 3.20. The van der Waals surface area contributed by atoms with Gasteiger partial charge in [-0.15, -0.1) is 11.3 Å². The smallest absolute Gasteiger partial charge is 0.0940 e. The van der Waals surface area contributed by atoms with Crippen LogP contribution in [-0.4, -0.2) is 11.5 Å². The molecule has 1 aromatic carbocycles. The summed E-state index contributed by atoms with van der Waals surface area (Å²) < 4.78 is 0. The lowest BCUT2D eigenvalue weighted by molar-refractivity contribution is 0.414. The summed E-state index contributed by atoms with van der Waals surface area (Å²) in [5.74, 6) is 0.584. The van der Waals surface area contributed by atoms with Gasteiger partial charge in [0.05, 0.1) is 5.01 Å². The molecule has 0 spiro atoms. The van der Waals surface area contributed by atoms with Crippen molar-refractivity contribution in [2.24, 2.45) is 5.92 Å². The van der Waals surface area contributed by atoms with Crippen LogP contribution in [0.25, 0.3) is 0 Å². The summed E-state index contributed by atoms with van der Waals surface area (Å²) in [4.78, 5) is 4.50. The summed E-state index contributed by atoms with van der Waals surface area (Å²) in [6, 6.07) is 11.1. The number of aromatic nitrogens is 1. The van der Waals surface area contributed by atoms with Crippen molar-refractivity contribution in [3.63, 3.8) is 0 Å². The molecule has 0 fully saturated rings. The molecule has 19 heavy (non-hydrogen) atoms. The monoisotopic (exact) mass is 274 g/mol. The van der Waals surface area contributed by atoms with Crippen molar-refractivity contribution < 1.29 is 0 Å². The van der Waals surface area contributed by atoms with E-state index in [0.29, 0.717) is 12.0 Å². The third kappa shape index (κ3) is 4.15. The maximum Gasteiger partial charge on any atom is 0.0940 e. The summed E-state index contributed by atoms with van der Waals surface area (Å²) in [5.41, 5.74) is 2.50. The first-order chi connectivity index (χ1) is 9.16. The Bertz CT molecular complexity index is 490. The Hall–Kier alpha value is -1.19. The van der Waals surface area contributed by atoms with Gasteiger partial charge in [0.2, 0.25) is 0 Å². The molecule has 0 radical (unpaired) electrons. The average molecular weight is 274 g/mol. The van der Waals surface area contributed by atoms with Crippen LogP contribution in [0.1, 0.15) is 36.2 Å². The Kier molecular flexibility index (Phi) is 5.11. The second-order valence-electron chi connectivity index (χ2n) is 5.22. The van der Waals surface area contributed by atoms with E-state index in [1.54, 1.807) is 11.3 Å². The topological polar surface area (TPSA) is 24.9 Å². The number of hydrogen-bond donors (Lipinski definition) is 1. The molecule has 1 heterocycles. The van der Waals surface area contributed by atoms with Gasteiger partial charge in [0.15, 0.2) is 0 Å². The summed E-state index contributed by atoms with van der Waals surface area (Å²) in [6.45, 7) is 7.55. The molecule has 0 bridgehead atoms. The van der Waals surface area contributed by atoms with Gasteiger partial charge in [-0.1, -0.05) is 44.2 Å². The highest BCUT2D eigenvalue weighted by Gasteiger charge is 2.14. The number of nitrogens with one attached hydrogen (secondary N) is 1. The first kappa shape index (κ1) is 14.2. The van der Waals surface area contributed by atoms with E-state index >= 15 is 0 Å². The lowest BCUT2D eigenvalue weighted by atomic mass is 9.96. The van der Waals surface area contributed by atoms with Crippen molar-refractivity contribution in [2.75, 3.05) is 6.54 Å². The van der Waals surface area contributed by atoms with Crippen LogP contribution in [0.15, 0.2) is 35.7 Å². The van der Waals surface area contributed by atoms with E-state index in [2.05, 4.69) is 59.9 Å². The minimum absolute atomic E-state index is 0.419. The van der Waals surface area contributed by atoms with Crippen LogP contribution >= 0.6 is 11.3 Å². The number of rotatable bonds is 6. The van der Waals surface area contributed by atoms with Crippen molar-refractivity contribution in [1.29, 1.82) is 0 Å². The molecule has 0 saturated heterocycles. The number of aryl methyl sites for hydroxylation is 1. The summed E-state index contributed by atoms with van der Waals surface area (Å²) >= 11 is 1.75. The molecule has 2 aromatic rings. The minimum Gasteiger partial charge on any atom is -0.309 e. The maximum atomic E-state index is 4.50. The normalized spacial score (nSPS) is 12.8. The summed E-state index contributed by atoms with van der Waals surface area (Å²) in [7, 11) is 0. The number of benzene rings is 1. The van der Waals surface area contributed by atoms with E-state index < -0.39 is 0 Å². The van der Waals surface area contributed by atoms with Gasteiger partial charge in [0.1, 0.15) is 0 Å². The van der Waals surface area contributed by atoms with Crippen LogP contribution in [0, 0.1) is 12.8 Å². The van der Waals surface area contributed by atoms with E-state index in [1.807, 2.05) is 6.92 Å². The van der Waals surface area contributed by atoms with E-state index in [1.165, 1.54) is 10.6 Å². The van der Waals surface area contributed by atoms with Gasteiger partial charge in [-0.25, -0.2) is 4.98 Å². The molecular weight excluding hydrogens is 252 g/mol. The quantitative estimate of drug-likeness (QED) is 0.862. The maximum absolute atomic E-state index is 4.50. The molecule has 0 aliphatic carbocycles. The molecule has 2 nitrogen and oxygen atoms in total. The fraction of sp³-hybridized carbons (Fsp3) is 0.438. The molecule has 0 saturated carbocycles. The molecule has 3 heteroatoms. The van der Waals surface area contributed by atoms with Crippen molar-refractivity contribution >= 4 is 11.3 Å². The lowest BCUT2D eigenvalue weighted by Gasteiger charge is -2.22. The number of thiazole rings is 1. The molecule has 1 atom stereocenters. The molecule has 1 unspecified atom stereocenters. The van der Waals surface area contributed by atoms with Crippen molar-refractivity contribution in [2.45, 2.75) is 33.2 Å². The minimum atomic E-state index is 0.419. The predicted molar refractivity (Wildman–Crippen MR) is 82.6 cm³/mol. The van der Waals surface area contributed by atoms with Gasteiger partial charge in [-0.2, -0.15) is 0 Å². The Morgan fingerprint density at radius 2 is 1.95 bits per heavy atom. The molecule has 1 aromatic heterocycles. The number of nitrogens with zero attached hydrogens (tertiary/aromatic N) is 1. The standard InChI is InChI=1S/C16H22N2S/c1-12(2)16(14-7-5-4-6-8-14)17-10-9-15-18-13(3)11-19-15/h4-8,11-12,16-17H,9-10H2,1-3H3. The fourth-order valence-corrected chi connectivity index (χ4v) is 3.03. The Morgan fingerprint density at radius 3 is 2.53 bits per heavy atom. The lowest BCUT2D eigenvalue weighted by Crippen LogP contribution is -2.27. The van der Waals surface area contributed by atoms with Crippen molar-refractivity contribution in [3.8, 4) is 0 Å². The van der Waals surface area contributed by atoms with Crippen LogP contribution in [0.2, 0.25) is 0 Å². The molecular formula is C16H22N2S. The van der Waals surface area contributed by atoms with Gasteiger partial charge in [0, 0.05) is 30.1 Å². The molecule has 2 rings (SSSR count). The van der Waals surface area contributed by atoms with Gasteiger partial charge in [0.25, 0.3) is 0 Å². The van der Waals surface area contributed by atoms with Crippen LogP contribution in [-0.2, 0) is 6.42 Å².